The maximum Gasteiger partial charge on any atom is 0.226 e. The number of Topliss-reactive ketones (excluding diaryl/α,β-unsaturated/α-hetero) is 1. The molecule has 2 aromatic rings. The molecule has 0 heterocycles. The van der Waals surface area contributed by atoms with E-state index in [9.17, 15) is 9.59 Å². The molecule has 0 aromatic heterocycles. The number of carbonyl (C=O) groups excluding carboxylic acids is 2. The second-order valence-corrected chi connectivity index (χ2v) is 7.11. The average molecular weight is 434 g/mol. The van der Waals surface area contributed by atoms with Gasteiger partial charge in [0.1, 0.15) is 0 Å². The van der Waals surface area contributed by atoms with E-state index in [1.807, 2.05) is 25.1 Å². The fourth-order valence-corrected chi connectivity index (χ4v) is 2.81. The molecule has 5 nitrogen and oxygen atoms in total. The first-order valence-corrected chi connectivity index (χ1v) is 9.47. The highest BCUT2D eigenvalue weighted by Gasteiger charge is 2.12. The van der Waals surface area contributed by atoms with Crippen LogP contribution in [-0.2, 0) is 4.79 Å². The average Bonchev–Trinajstić information content (AvgIpc) is 2.66. The summed E-state index contributed by atoms with van der Waals surface area (Å²) in [6.07, 6.45) is 0.954. The van der Waals surface area contributed by atoms with Crippen LogP contribution in [0.3, 0.4) is 0 Å². The van der Waals surface area contributed by atoms with Crippen LogP contribution in [0.25, 0.3) is 0 Å². The standard InChI is InChI=1S/C21H24BrNO4/c1-14-12-17(8-9-18(14)22)23(3)21(25)6-5-11-27-19-10-7-16(15(2)24)13-20(19)26-4/h7-10,12-13H,5-6,11H2,1-4H3. The number of ketones is 1. The quantitative estimate of drug-likeness (QED) is 0.443. The lowest BCUT2D eigenvalue weighted by Crippen LogP contribution is -2.26. The van der Waals surface area contributed by atoms with Crippen molar-refractivity contribution in [2.24, 2.45) is 0 Å². The van der Waals surface area contributed by atoms with Crippen LogP contribution in [0.4, 0.5) is 5.69 Å². The lowest BCUT2D eigenvalue weighted by Gasteiger charge is -2.18. The Balaban J connectivity index is 1.88. The van der Waals surface area contributed by atoms with Crippen LogP contribution in [-0.4, -0.2) is 32.5 Å². The summed E-state index contributed by atoms with van der Waals surface area (Å²) in [5.74, 6) is 1.07. The van der Waals surface area contributed by atoms with Gasteiger partial charge < -0.3 is 14.4 Å². The maximum absolute atomic E-state index is 12.4. The zero-order valence-corrected chi connectivity index (χ0v) is 17.6. The van der Waals surface area contributed by atoms with Crippen molar-refractivity contribution in [3.63, 3.8) is 0 Å². The molecule has 0 aliphatic carbocycles. The van der Waals surface area contributed by atoms with Gasteiger partial charge in [-0.25, -0.2) is 0 Å². The van der Waals surface area contributed by atoms with Crippen molar-refractivity contribution in [2.75, 3.05) is 25.7 Å². The normalized spacial score (nSPS) is 10.4. The Kier molecular flexibility index (Phi) is 7.42. The summed E-state index contributed by atoms with van der Waals surface area (Å²) in [7, 11) is 3.31. The summed E-state index contributed by atoms with van der Waals surface area (Å²) in [6, 6.07) is 10.9. The van der Waals surface area contributed by atoms with Crippen LogP contribution in [0.1, 0.15) is 35.7 Å². The second-order valence-electron chi connectivity index (χ2n) is 6.26. The van der Waals surface area contributed by atoms with E-state index in [1.165, 1.54) is 14.0 Å². The molecule has 0 radical (unpaired) electrons. The largest absolute Gasteiger partial charge is 0.493 e. The fraction of sp³-hybridized carbons (Fsp3) is 0.333. The number of hydrogen-bond acceptors (Lipinski definition) is 4. The van der Waals surface area contributed by atoms with E-state index in [0.717, 1.165) is 15.7 Å². The first-order chi connectivity index (χ1) is 12.8. The zero-order chi connectivity index (χ0) is 20.0. The Hall–Kier alpha value is -2.34. The number of benzene rings is 2. The molecule has 144 valence electrons. The predicted molar refractivity (Wildman–Crippen MR) is 110 cm³/mol. The molecule has 6 heteroatoms. The van der Waals surface area contributed by atoms with Gasteiger partial charge in [-0.3, -0.25) is 9.59 Å². The molecule has 0 atom stereocenters. The molecule has 0 aliphatic rings. The van der Waals surface area contributed by atoms with E-state index >= 15 is 0 Å². The SMILES string of the molecule is COc1cc(C(C)=O)ccc1OCCCC(=O)N(C)c1ccc(Br)c(C)c1. The number of aryl methyl sites for hydroxylation is 1. The highest BCUT2D eigenvalue weighted by Crippen LogP contribution is 2.28. The molecule has 0 N–H and O–H groups in total. The van der Waals surface area contributed by atoms with Crippen molar-refractivity contribution in [1.29, 1.82) is 0 Å². The minimum Gasteiger partial charge on any atom is -0.493 e. The van der Waals surface area contributed by atoms with Gasteiger partial charge in [-0.2, -0.15) is 0 Å². The smallest absolute Gasteiger partial charge is 0.226 e. The third-order valence-electron chi connectivity index (χ3n) is 4.27. The number of halogens is 1. The van der Waals surface area contributed by atoms with E-state index in [1.54, 1.807) is 30.1 Å². The van der Waals surface area contributed by atoms with Crippen molar-refractivity contribution < 1.29 is 19.1 Å². The van der Waals surface area contributed by atoms with Crippen molar-refractivity contribution in [1.82, 2.24) is 0 Å². The van der Waals surface area contributed by atoms with Gasteiger partial charge in [0.25, 0.3) is 0 Å². The molecule has 27 heavy (non-hydrogen) atoms. The number of ether oxygens (including phenoxy) is 2. The molecular weight excluding hydrogens is 410 g/mol. The van der Waals surface area contributed by atoms with Gasteiger partial charge in [0.15, 0.2) is 17.3 Å². The molecule has 0 aliphatic heterocycles. The lowest BCUT2D eigenvalue weighted by molar-refractivity contribution is -0.118. The molecule has 0 bridgehead atoms. The fourth-order valence-electron chi connectivity index (χ4n) is 2.56. The number of methoxy groups -OCH3 is 1. The zero-order valence-electron chi connectivity index (χ0n) is 16.0. The number of rotatable bonds is 8. The topological polar surface area (TPSA) is 55.8 Å². The maximum atomic E-state index is 12.4. The summed E-state index contributed by atoms with van der Waals surface area (Å²) in [4.78, 5) is 25.5. The summed E-state index contributed by atoms with van der Waals surface area (Å²) in [5.41, 5.74) is 2.51. The Labute approximate surface area is 168 Å². The van der Waals surface area contributed by atoms with Gasteiger partial charge in [-0.15, -0.1) is 0 Å². The van der Waals surface area contributed by atoms with Crippen LogP contribution in [0, 0.1) is 6.92 Å². The van der Waals surface area contributed by atoms with Gasteiger partial charge in [0.05, 0.1) is 13.7 Å². The van der Waals surface area contributed by atoms with Crippen molar-refractivity contribution >= 4 is 33.3 Å². The minimum atomic E-state index is -0.0309. The number of carbonyl (C=O) groups is 2. The monoisotopic (exact) mass is 433 g/mol. The third kappa shape index (κ3) is 5.57. The van der Waals surface area contributed by atoms with Crippen molar-refractivity contribution in [3.8, 4) is 11.5 Å². The summed E-state index contributed by atoms with van der Waals surface area (Å²) in [6.45, 7) is 3.88. The van der Waals surface area contributed by atoms with Gasteiger partial charge >= 0.3 is 0 Å². The Bertz CT molecular complexity index is 835. The Morgan fingerprint density at radius 1 is 1.11 bits per heavy atom. The molecule has 0 spiro atoms. The first-order valence-electron chi connectivity index (χ1n) is 8.68. The second kappa shape index (κ2) is 9.55. The van der Waals surface area contributed by atoms with E-state index in [0.29, 0.717) is 36.5 Å². The summed E-state index contributed by atoms with van der Waals surface area (Å²) < 4.78 is 12.0. The van der Waals surface area contributed by atoms with Crippen molar-refractivity contribution in [2.45, 2.75) is 26.7 Å². The minimum absolute atomic E-state index is 0.0271. The third-order valence-corrected chi connectivity index (χ3v) is 5.16. The van der Waals surface area contributed by atoms with Crippen molar-refractivity contribution in [3.05, 3.63) is 52.0 Å². The molecule has 0 saturated heterocycles. The van der Waals surface area contributed by atoms with Crippen LogP contribution < -0.4 is 14.4 Å². The van der Waals surface area contributed by atoms with E-state index in [4.69, 9.17) is 9.47 Å². The van der Waals surface area contributed by atoms with E-state index in [2.05, 4.69) is 15.9 Å². The molecule has 0 saturated carbocycles. The van der Waals surface area contributed by atoms with Crippen LogP contribution in [0.15, 0.2) is 40.9 Å². The van der Waals surface area contributed by atoms with Crippen LogP contribution >= 0.6 is 15.9 Å². The molecule has 2 rings (SSSR count). The predicted octanol–water partition coefficient (Wildman–Crippen LogP) is 4.79. The van der Waals surface area contributed by atoms with E-state index in [-0.39, 0.29) is 11.7 Å². The highest BCUT2D eigenvalue weighted by molar-refractivity contribution is 9.10. The first kappa shape index (κ1) is 21.0. The summed E-state index contributed by atoms with van der Waals surface area (Å²) in [5, 5.41) is 0. The summed E-state index contributed by atoms with van der Waals surface area (Å²) >= 11 is 3.46. The Morgan fingerprint density at radius 3 is 2.48 bits per heavy atom. The van der Waals surface area contributed by atoms with Gasteiger partial charge in [-0.05, 0) is 62.2 Å². The number of amides is 1. The molecular formula is C21H24BrNO4. The molecule has 0 unspecified atom stereocenters. The van der Waals surface area contributed by atoms with Crippen LogP contribution in [0.5, 0.6) is 11.5 Å². The lowest BCUT2D eigenvalue weighted by atomic mass is 10.1. The van der Waals surface area contributed by atoms with E-state index < -0.39 is 0 Å². The Morgan fingerprint density at radius 2 is 1.85 bits per heavy atom. The number of hydrogen-bond donors (Lipinski definition) is 0. The van der Waals surface area contributed by atoms with Crippen LogP contribution in [0.2, 0.25) is 0 Å². The van der Waals surface area contributed by atoms with Gasteiger partial charge in [-0.1, -0.05) is 15.9 Å². The van der Waals surface area contributed by atoms with Gasteiger partial charge in [0.2, 0.25) is 5.91 Å². The highest BCUT2D eigenvalue weighted by atomic mass is 79.9. The molecule has 0 fully saturated rings. The number of anilines is 1. The molecule has 2 aromatic carbocycles. The number of nitrogens with zero attached hydrogens (tertiary/aromatic N) is 1. The molecule has 1 amide bonds. The van der Waals surface area contributed by atoms with Gasteiger partial charge in [0, 0.05) is 29.2 Å².